The minimum atomic E-state index is -0.193. The van der Waals surface area contributed by atoms with Crippen LogP contribution in [0.5, 0.6) is 0 Å². The maximum atomic E-state index is 13.2. The summed E-state index contributed by atoms with van der Waals surface area (Å²) < 4.78 is 1.85. The maximum absolute atomic E-state index is 13.2. The highest BCUT2D eigenvalue weighted by Gasteiger charge is 2.19. The normalized spacial score (nSPS) is 11.2. The molecule has 6 nitrogen and oxygen atoms in total. The molecule has 4 aromatic rings. The van der Waals surface area contributed by atoms with Crippen LogP contribution in [-0.2, 0) is 0 Å². The highest BCUT2D eigenvalue weighted by molar-refractivity contribution is 6.12. The summed E-state index contributed by atoms with van der Waals surface area (Å²) in [6.07, 6.45) is 3.40. The SMILES string of the molecule is Cc1cc(NC(=O)c2cc(-c3ccccc3C)nc3c2cnn3C(C)C)ccn1. The van der Waals surface area contributed by atoms with Crippen LogP contribution in [0.1, 0.15) is 41.5 Å². The molecule has 0 spiro atoms. The number of benzene rings is 1. The van der Waals surface area contributed by atoms with Crippen molar-refractivity contribution in [1.29, 1.82) is 0 Å². The van der Waals surface area contributed by atoms with Gasteiger partial charge in [-0.25, -0.2) is 9.67 Å². The monoisotopic (exact) mass is 385 g/mol. The van der Waals surface area contributed by atoms with E-state index in [9.17, 15) is 4.79 Å². The van der Waals surface area contributed by atoms with Crippen molar-refractivity contribution >= 4 is 22.6 Å². The second kappa shape index (κ2) is 7.47. The molecule has 0 unspecified atom stereocenters. The van der Waals surface area contributed by atoms with E-state index in [1.54, 1.807) is 18.5 Å². The molecule has 1 N–H and O–H groups in total. The lowest BCUT2D eigenvalue weighted by Crippen LogP contribution is -2.13. The zero-order chi connectivity index (χ0) is 20.5. The van der Waals surface area contributed by atoms with E-state index < -0.39 is 0 Å². The van der Waals surface area contributed by atoms with Gasteiger partial charge < -0.3 is 5.32 Å². The highest BCUT2D eigenvalue weighted by Crippen LogP contribution is 2.28. The van der Waals surface area contributed by atoms with Crippen LogP contribution in [-0.4, -0.2) is 25.7 Å². The molecule has 0 bridgehead atoms. The van der Waals surface area contributed by atoms with Crippen molar-refractivity contribution in [3.63, 3.8) is 0 Å². The number of hydrogen-bond acceptors (Lipinski definition) is 4. The number of carbonyl (C=O) groups is 1. The molecule has 1 amide bonds. The summed E-state index contributed by atoms with van der Waals surface area (Å²) in [5, 5.41) is 8.20. The van der Waals surface area contributed by atoms with E-state index >= 15 is 0 Å². The fourth-order valence-electron chi connectivity index (χ4n) is 3.40. The number of carbonyl (C=O) groups excluding carboxylic acids is 1. The third-order valence-electron chi connectivity index (χ3n) is 4.88. The molecule has 29 heavy (non-hydrogen) atoms. The van der Waals surface area contributed by atoms with Gasteiger partial charge >= 0.3 is 0 Å². The number of aryl methyl sites for hydroxylation is 2. The largest absolute Gasteiger partial charge is 0.322 e. The van der Waals surface area contributed by atoms with Gasteiger partial charge in [0.25, 0.3) is 5.91 Å². The van der Waals surface area contributed by atoms with Gasteiger partial charge in [0.05, 0.1) is 22.8 Å². The highest BCUT2D eigenvalue weighted by atomic mass is 16.1. The Morgan fingerprint density at radius 1 is 1.10 bits per heavy atom. The summed E-state index contributed by atoms with van der Waals surface area (Å²) in [5.41, 5.74) is 5.67. The van der Waals surface area contributed by atoms with Crippen LogP contribution in [0.2, 0.25) is 0 Å². The first kappa shape index (κ1) is 18.8. The molecule has 0 atom stereocenters. The van der Waals surface area contributed by atoms with Gasteiger partial charge in [-0.2, -0.15) is 5.10 Å². The molecule has 0 saturated carbocycles. The minimum absolute atomic E-state index is 0.130. The van der Waals surface area contributed by atoms with Crippen LogP contribution in [0, 0.1) is 13.8 Å². The predicted molar refractivity (Wildman–Crippen MR) is 115 cm³/mol. The molecule has 4 rings (SSSR count). The first-order chi connectivity index (χ1) is 13.9. The zero-order valence-electron chi connectivity index (χ0n) is 17.0. The topological polar surface area (TPSA) is 72.7 Å². The van der Waals surface area contributed by atoms with E-state index in [-0.39, 0.29) is 11.9 Å². The average Bonchev–Trinajstić information content (AvgIpc) is 3.12. The summed E-state index contributed by atoms with van der Waals surface area (Å²) in [6.45, 7) is 8.03. The smallest absolute Gasteiger partial charge is 0.256 e. The summed E-state index contributed by atoms with van der Waals surface area (Å²) >= 11 is 0. The Bertz CT molecular complexity index is 1210. The summed E-state index contributed by atoms with van der Waals surface area (Å²) in [4.78, 5) is 22.2. The van der Waals surface area contributed by atoms with Crippen molar-refractivity contribution in [2.75, 3.05) is 5.32 Å². The quantitative estimate of drug-likeness (QED) is 0.540. The number of rotatable bonds is 4. The number of pyridine rings is 2. The fourth-order valence-corrected chi connectivity index (χ4v) is 3.40. The van der Waals surface area contributed by atoms with E-state index in [1.807, 2.05) is 68.8 Å². The standard InChI is InChI=1S/C23H23N5O/c1-14(2)28-22-20(13-25-28)19(23(29)26-17-9-10-24-16(4)11-17)12-21(27-22)18-8-6-5-7-15(18)3/h5-14H,1-4H3,(H,24,26,29). The van der Waals surface area contributed by atoms with Gasteiger partial charge in [0.15, 0.2) is 5.65 Å². The van der Waals surface area contributed by atoms with E-state index in [4.69, 9.17) is 4.98 Å². The maximum Gasteiger partial charge on any atom is 0.256 e. The van der Waals surface area contributed by atoms with Crippen LogP contribution in [0.4, 0.5) is 5.69 Å². The van der Waals surface area contributed by atoms with Crippen molar-refractivity contribution in [2.24, 2.45) is 0 Å². The van der Waals surface area contributed by atoms with Crippen molar-refractivity contribution in [2.45, 2.75) is 33.7 Å². The zero-order valence-corrected chi connectivity index (χ0v) is 17.0. The third kappa shape index (κ3) is 3.61. The lowest BCUT2D eigenvalue weighted by molar-refractivity contribution is 0.102. The fraction of sp³-hybridized carbons (Fsp3) is 0.217. The molecule has 3 heterocycles. The molecular weight excluding hydrogens is 362 g/mol. The summed E-state index contributed by atoms with van der Waals surface area (Å²) in [5.74, 6) is -0.193. The Balaban J connectivity index is 1.88. The Morgan fingerprint density at radius 2 is 1.90 bits per heavy atom. The second-order valence-corrected chi connectivity index (χ2v) is 7.43. The number of amides is 1. The van der Waals surface area contributed by atoms with Gasteiger partial charge in [-0.05, 0) is 51.5 Å². The number of hydrogen-bond donors (Lipinski definition) is 1. The van der Waals surface area contributed by atoms with Crippen LogP contribution >= 0.6 is 0 Å². The third-order valence-corrected chi connectivity index (χ3v) is 4.88. The molecule has 0 radical (unpaired) electrons. The van der Waals surface area contributed by atoms with Crippen molar-refractivity contribution in [3.8, 4) is 11.3 Å². The van der Waals surface area contributed by atoms with Gasteiger partial charge in [0, 0.05) is 29.2 Å². The molecule has 0 aliphatic carbocycles. The van der Waals surface area contributed by atoms with Crippen LogP contribution < -0.4 is 5.32 Å². The first-order valence-corrected chi connectivity index (χ1v) is 9.62. The molecule has 0 aliphatic heterocycles. The van der Waals surface area contributed by atoms with Crippen molar-refractivity contribution in [3.05, 3.63) is 71.7 Å². The number of anilines is 1. The number of fused-ring (bicyclic) bond motifs is 1. The molecule has 1 aromatic carbocycles. The van der Waals surface area contributed by atoms with Crippen LogP contribution in [0.15, 0.2) is 54.9 Å². The first-order valence-electron chi connectivity index (χ1n) is 9.62. The van der Waals surface area contributed by atoms with Crippen molar-refractivity contribution < 1.29 is 4.79 Å². The van der Waals surface area contributed by atoms with E-state index in [0.29, 0.717) is 16.9 Å². The number of nitrogens with one attached hydrogen (secondary N) is 1. The van der Waals surface area contributed by atoms with E-state index in [2.05, 4.69) is 15.4 Å². The summed E-state index contributed by atoms with van der Waals surface area (Å²) in [7, 11) is 0. The molecule has 146 valence electrons. The Morgan fingerprint density at radius 3 is 2.62 bits per heavy atom. The Labute approximate surface area is 169 Å². The lowest BCUT2D eigenvalue weighted by Gasteiger charge is -2.12. The van der Waals surface area contributed by atoms with Crippen molar-refractivity contribution in [1.82, 2.24) is 19.7 Å². The van der Waals surface area contributed by atoms with E-state index in [1.165, 1.54) is 0 Å². The van der Waals surface area contributed by atoms with Crippen LogP contribution in [0.25, 0.3) is 22.3 Å². The average molecular weight is 385 g/mol. The lowest BCUT2D eigenvalue weighted by atomic mass is 10.0. The Kier molecular flexibility index (Phi) is 4.84. The molecule has 6 heteroatoms. The molecular formula is C23H23N5O. The van der Waals surface area contributed by atoms with Gasteiger partial charge in [-0.1, -0.05) is 24.3 Å². The van der Waals surface area contributed by atoms with Gasteiger partial charge in [0.1, 0.15) is 0 Å². The predicted octanol–water partition coefficient (Wildman–Crippen LogP) is 4.94. The molecule has 3 aromatic heterocycles. The van der Waals surface area contributed by atoms with Gasteiger partial charge in [-0.15, -0.1) is 0 Å². The molecule has 0 aliphatic rings. The Hall–Kier alpha value is -3.54. The molecule has 0 fully saturated rings. The second-order valence-electron chi connectivity index (χ2n) is 7.43. The van der Waals surface area contributed by atoms with Crippen LogP contribution in [0.3, 0.4) is 0 Å². The molecule has 0 saturated heterocycles. The number of nitrogens with zero attached hydrogens (tertiary/aromatic N) is 4. The van der Waals surface area contributed by atoms with Gasteiger partial charge in [-0.3, -0.25) is 9.78 Å². The minimum Gasteiger partial charge on any atom is -0.322 e. The number of aromatic nitrogens is 4. The summed E-state index contributed by atoms with van der Waals surface area (Å²) in [6, 6.07) is 13.6. The van der Waals surface area contributed by atoms with E-state index in [0.717, 1.165) is 27.9 Å². The van der Waals surface area contributed by atoms with Gasteiger partial charge in [0.2, 0.25) is 0 Å².